The molecule has 5 aromatic rings. The molecule has 5 rings (SSSR count). The first-order chi connectivity index (χ1) is 16.7. The first-order valence-corrected chi connectivity index (χ1v) is 11.9. The molecule has 6 nitrogen and oxygen atoms in total. The Morgan fingerprint density at radius 2 is 1.62 bits per heavy atom. The first-order valence-electron chi connectivity index (χ1n) is 10.6. The molecular formula is C26H21N5OS2. The number of ether oxygens (including phenoxy) is 1. The highest BCUT2D eigenvalue weighted by Crippen LogP contribution is 2.36. The van der Waals surface area contributed by atoms with Gasteiger partial charge in [0.15, 0.2) is 10.9 Å². The van der Waals surface area contributed by atoms with Gasteiger partial charge in [0.05, 0.1) is 10.2 Å². The van der Waals surface area contributed by atoms with Gasteiger partial charge in [-0.2, -0.15) is 0 Å². The Kier molecular flexibility index (Phi) is 6.60. The van der Waals surface area contributed by atoms with Crippen LogP contribution in [0.1, 0.15) is 5.56 Å². The zero-order valence-corrected chi connectivity index (χ0v) is 19.7. The summed E-state index contributed by atoms with van der Waals surface area (Å²) >= 11 is 6.98. The van der Waals surface area contributed by atoms with Gasteiger partial charge in [0.2, 0.25) is 0 Å². The van der Waals surface area contributed by atoms with E-state index in [1.165, 1.54) is 6.33 Å². The summed E-state index contributed by atoms with van der Waals surface area (Å²) in [4.78, 5) is 9.90. The lowest BCUT2D eigenvalue weighted by Gasteiger charge is -2.12. The number of benzene rings is 3. The van der Waals surface area contributed by atoms with Crippen LogP contribution in [-0.4, -0.2) is 15.1 Å². The lowest BCUT2D eigenvalue weighted by atomic mass is 10.2. The number of fused-ring (bicyclic) bond motifs is 1. The summed E-state index contributed by atoms with van der Waals surface area (Å²) in [5.41, 5.74) is 10.1. The summed E-state index contributed by atoms with van der Waals surface area (Å²) in [6.07, 6.45) is 1.54. The highest BCUT2D eigenvalue weighted by atomic mass is 32.1. The third-order valence-electron chi connectivity index (χ3n) is 5.02. The number of nitrogens with one attached hydrogen (secondary N) is 3. The van der Waals surface area contributed by atoms with Crippen LogP contribution in [0.25, 0.3) is 20.7 Å². The molecule has 8 heteroatoms. The second-order valence-corrected chi connectivity index (χ2v) is 8.88. The molecule has 0 saturated carbocycles. The summed E-state index contributed by atoms with van der Waals surface area (Å²) in [5, 5.41) is 3.57. The molecule has 0 aliphatic heterocycles. The van der Waals surface area contributed by atoms with E-state index in [-0.39, 0.29) is 0 Å². The molecule has 0 fully saturated rings. The van der Waals surface area contributed by atoms with Crippen molar-refractivity contribution < 1.29 is 4.74 Å². The fourth-order valence-electron chi connectivity index (χ4n) is 3.34. The van der Waals surface area contributed by atoms with E-state index in [0.29, 0.717) is 17.5 Å². The van der Waals surface area contributed by atoms with Crippen LogP contribution >= 0.6 is 23.6 Å². The molecule has 3 N–H and O–H groups in total. The summed E-state index contributed by atoms with van der Waals surface area (Å²) in [7, 11) is 0. The SMILES string of the molecule is S=C(NNc1ncnc2cc(-c3ccc(OCc4ccccc4)cc3)sc12)Nc1ccccc1. The van der Waals surface area contributed by atoms with Crippen LogP contribution in [0.4, 0.5) is 11.5 Å². The first kappa shape index (κ1) is 21.8. The highest BCUT2D eigenvalue weighted by molar-refractivity contribution is 7.80. The average Bonchev–Trinajstić information content (AvgIpc) is 3.33. The van der Waals surface area contributed by atoms with E-state index in [4.69, 9.17) is 17.0 Å². The quantitative estimate of drug-likeness (QED) is 0.187. The summed E-state index contributed by atoms with van der Waals surface area (Å²) < 4.78 is 6.84. The van der Waals surface area contributed by atoms with Crippen molar-refractivity contribution in [1.29, 1.82) is 0 Å². The second kappa shape index (κ2) is 10.3. The largest absolute Gasteiger partial charge is 0.489 e. The van der Waals surface area contributed by atoms with Crippen LogP contribution in [-0.2, 0) is 6.61 Å². The van der Waals surface area contributed by atoms with Crippen LogP contribution in [0.3, 0.4) is 0 Å². The van der Waals surface area contributed by atoms with E-state index in [0.717, 1.165) is 37.7 Å². The zero-order chi connectivity index (χ0) is 23.2. The van der Waals surface area contributed by atoms with Crippen molar-refractivity contribution in [2.75, 3.05) is 10.7 Å². The van der Waals surface area contributed by atoms with Gasteiger partial charge in [-0.05, 0) is 65.8 Å². The van der Waals surface area contributed by atoms with Crippen molar-refractivity contribution in [2.45, 2.75) is 6.61 Å². The number of hydrazine groups is 1. The Balaban J connectivity index is 1.26. The molecule has 34 heavy (non-hydrogen) atoms. The minimum absolute atomic E-state index is 0.445. The van der Waals surface area contributed by atoms with E-state index in [2.05, 4.69) is 56.5 Å². The normalized spacial score (nSPS) is 10.6. The van der Waals surface area contributed by atoms with Crippen LogP contribution in [0.15, 0.2) is 97.3 Å². The van der Waals surface area contributed by atoms with Crippen molar-refractivity contribution in [3.8, 4) is 16.2 Å². The van der Waals surface area contributed by atoms with Gasteiger partial charge >= 0.3 is 0 Å². The molecule has 0 amide bonds. The van der Waals surface area contributed by atoms with Crippen molar-refractivity contribution in [3.63, 3.8) is 0 Å². The highest BCUT2D eigenvalue weighted by Gasteiger charge is 2.11. The average molecular weight is 484 g/mol. The number of thiophene rings is 1. The van der Waals surface area contributed by atoms with E-state index >= 15 is 0 Å². The third-order valence-corrected chi connectivity index (χ3v) is 6.41. The molecule has 0 saturated heterocycles. The number of hydrogen-bond donors (Lipinski definition) is 3. The smallest absolute Gasteiger partial charge is 0.189 e. The van der Waals surface area contributed by atoms with Crippen molar-refractivity contribution in [2.24, 2.45) is 0 Å². The minimum atomic E-state index is 0.445. The molecular weight excluding hydrogens is 462 g/mol. The molecule has 0 bridgehead atoms. The molecule has 2 heterocycles. The Morgan fingerprint density at radius 3 is 2.38 bits per heavy atom. The predicted molar refractivity (Wildman–Crippen MR) is 143 cm³/mol. The Hall–Kier alpha value is -4.01. The van der Waals surface area contributed by atoms with Gasteiger partial charge in [-0.3, -0.25) is 10.9 Å². The third kappa shape index (κ3) is 5.31. The van der Waals surface area contributed by atoms with E-state index in [1.54, 1.807) is 11.3 Å². The van der Waals surface area contributed by atoms with E-state index in [9.17, 15) is 0 Å². The molecule has 168 valence electrons. The monoisotopic (exact) mass is 483 g/mol. The fourth-order valence-corrected chi connectivity index (χ4v) is 4.57. The van der Waals surface area contributed by atoms with E-state index in [1.807, 2.05) is 60.7 Å². The van der Waals surface area contributed by atoms with Gasteiger partial charge in [-0.15, -0.1) is 11.3 Å². The zero-order valence-electron chi connectivity index (χ0n) is 18.1. The van der Waals surface area contributed by atoms with E-state index < -0.39 is 0 Å². The van der Waals surface area contributed by atoms with Crippen molar-refractivity contribution >= 4 is 50.4 Å². The number of nitrogens with zero attached hydrogens (tertiary/aromatic N) is 2. The number of anilines is 2. The number of thiocarbonyl (C=S) groups is 1. The summed E-state index contributed by atoms with van der Waals surface area (Å²) in [5.74, 6) is 1.50. The number of aromatic nitrogens is 2. The van der Waals surface area contributed by atoms with Crippen LogP contribution in [0, 0.1) is 0 Å². The molecule has 2 aromatic heterocycles. The van der Waals surface area contributed by atoms with Gasteiger partial charge in [0, 0.05) is 10.6 Å². The van der Waals surface area contributed by atoms with Crippen LogP contribution in [0.2, 0.25) is 0 Å². The van der Waals surface area contributed by atoms with Crippen molar-refractivity contribution in [1.82, 2.24) is 15.4 Å². The molecule has 0 aliphatic rings. The molecule has 0 atom stereocenters. The number of para-hydroxylation sites is 1. The number of hydrogen-bond acceptors (Lipinski definition) is 6. The number of rotatable bonds is 7. The minimum Gasteiger partial charge on any atom is -0.489 e. The van der Waals surface area contributed by atoms with Gasteiger partial charge in [-0.1, -0.05) is 48.5 Å². The topological polar surface area (TPSA) is 71.1 Å². The standard InChI is InChI=1S/C26H21N5OS2/c33-26(29-20-9-5-2-6-10-20)31-30-25-24-22(27-17-28-25)15-23(34-24)19-11-13-21(14-12-19)32-16-18-7-3-1-4-8-18/h1-15,17H,16H2,(H,27,28,30)(H2,29,31,33). The molecule has 3 aromatic carbocycles. The van der Waals surface area contributed by atoms with Crippen molar-refractivity contribution in [3.05, 3.63) is 103 Å². The second-order valence-electron chi connectivity index (χ2n) is 7.42. The van der Waals surface area contributed by atoms with Gasteiger partial charge in [0.25, 0.3) is 0 Å². The summed E-state index contributed by atoms with van der Waals surface area (Å²) in [6.45, 7) is 0.543. The van der Waals surface area contributed by atoms with Crippen LogP contribution < -0.4 is 20.9 Å². The van der Waals surface area contributed by atoms with Gasteiger partial charge < -0.3 is 10.1 Å². The predicted octanol–water partition coefficient (Wildman–Crippen LogP) is 6.25. The Bertz CT molecular complexity index is 1390. The Labute approximate surface area is 206 Å². The van der Waals surface area contributed by atoms with Gasteiger partial charge in [0.1, 0.15) is 18.7 Å². The van der Waals surface area contributed by atoms with Gasteiger partial charge in [-0.25, -0.2) is 9.97 Å². The van der Waals surface area contributed by atoms with Crippen LogP contribution in [0.5, 0.6) is 5.75 Å². The lowest BCUT2D eigenvalue weighted by molar-refractivity contribution is 0.306. The molecule has 0 aliphatic carbocycles. The lowest BCUT2D eigenvalue weighted by Crippen LogP contribution is -2.33. The maximum Gasteiger partial charge on any atom is 0.189 e. The maximum atomic E-state index is 5.90. The molecule has 0 unspecified atom stereocenters. The fraction of sp³-hybridized carbons (Fsp3) is 0.0385. The molecule has 0 spiro atoms. The molecule has 0 radical (unpaired) electrons. The maximum absolute atomic E-state index is 5.90. The Morgan fingerprint density at radius 1 is 0.882 bits per heavy atom. The summed E-state index contributed by atoms with van der Waals surface area (Å²) in [6, 6.07) is 30.0.